The zero-order chi connectivity index (χ0) is 29.0. The molecule has 6 heteroatoms. The average molecular weight is 567 g/mol. The van der Waals surface area contributed by atoms with E-state index in [1.54, 1.807) is 0 Å². The van der Waals surface area contributed by atoms with Crippen molar-refractivity contribution in [2.75, 3.05) is 52.6 Å². The summed E-state index contributed by atoms with van der Waals surface area (Å²) < 4.78 is 25.2. The summed E-state index contributed by atoms with van der Waals surface area (Å²) in [4.78, 5) is 4.79. The van der Waals surface area contributed by atoms with Crippen molar-refractivity contribution in [3.63, 3.8) is 0 Å². The molecule has 1 heterocycles. The Morgan fingerprint density at radius 1 is 0.405 bits per heavy atom. The minimum atomic E-state index is 0.208. The summed E-state index contributed by atoms with van der Waals surface area (Å²) in [7, 11) is 0. The lowest BCUT2D eigenvalue weighted by Gasteiger charge is -2.30. The highest BCUT2D eigenvalue weighted by Crippen LogP contribution is 2.29. The lowest BCUT2D eigenvalue weighted by molar-refractivity contribution is 0.125. The quantitative estimate of drug-likeness (QED) is 0.264. The molecule has 0 radical (unpaired) electrons. The van der Waals surface area contributed by atoms with Crippen LogP contribution in [0.4, 0.5) is 0 Å². The lowest BCUT2D eigenvalue weighted by Crippen LogP contribution is -2.35. The maximum atomic E-state index is 6.31. The van der Waals surface area contributed by atoms with Crippen LogP contribution in [-0.2, 0) is 0 Å². The summed E-state index contributed by atoms with van der Waals surface area (Å²) in [5, 5.41) is 0. The second-order valence-corrected chi connectivity index (χ2v) is 10.5. The van der Waals surface area contributed by atoms with Crippen LogP contribution >= 0.6 is 0 Å². The van der Waals surface area contributed by atoms with Gasteiger partial charge in [-0.3, -0.25) is 9.80 Å². The van der Waals surface area contributed by atoms with Crippen LogP contribution in [0.25, 0.3) is 0 Å². The Hall–Kier alpha value is -4.00. The topological polar surface area (TPSA) is 43.4 Å². The molecule has 0 amide bonds. The number of fused-ring (bicyclic) bond motifs is 2. The van der Waals surface area contributed by atoms with Gasteiger partial charge in [-0.25, -0.2) is 0 Å². The lowest BCUT2D eigenvalue weighted by atomic mass is 10.1. The van der Waals surface area contributed by atoms with Crippen LogP contribution in [0, 0.1) is 0 Å². The van der Waals surface area contributed by atoms with Gasteiger partial charge in [0.15, 0.2) is 23.0 Å². The summed E-state index contributed by atoms with van der Waals surface area (Å²) >= 11 is 0. The van der Waals surface area contributed by atoms with Gasteiger partial charge in [0, 0.05) is 38.3 Å². The van der Waals surface area contributed by atoms with Gasteiger partial charge in [-0.1, -0.05) is 84.9 Å². The van der Waals surface area contributed by atoms with Crippen LogP contribution in [-0.4, -0.2) is 62.4 Å². The first-order valence-electron chi connectivity index (χ1n) is 15.0. The highest BCUT2D eigenvalue weighted by atomic mass is 16.5. The summed E-state index contributed by atoms with van der Waals surface area (Å²) in [5.41, 5.74) is 2.53. The predicted octanol–water partition coefficient (Wildman–Crippen LogP) is 7.04. The van der Waals surface area contributed by atoms with E-state index in [4.69, 9.17) is 18.9 Å². The first-order valence-corrected chi connectivity index (χ1v) is 15.0. The van der Waals surface area contributed by atoms with E-state index in [0.29, 0.717) is 26.4 Å². The highest BCUT2D eigenvalue weighted by molar-refractivity contribution is 5.40. The SMILES string of the molecule is C[C@H](c1ccccc1)N1CCOc2ccccc2OCCN([C@H](C)c2ccccc2)CCOc2ccccc2OCC1. The molecule has 0 spiro atoms. The molecular weight excluding hydrogens is 524 g/mol. The molecule has 0 fully saturated rings. The molecule has 42 heavy (non-hydrogen) atoms. The zero-order valence-electron chi connectivity index (χ0n) is 24.7. The Kier molecular flexibility index (Phi) is 10.7. The molecule has 6 nitrogen and oxygen atoms in total. The van der Waals surface area contributed by atoms with Gasteiger partial charge in [0.2, 0.25) is 0 Å². The normalized spacial score (nSPS) is 17.4. The van der Waals surface area contributed by atoms with E-state index in [1.165, 1.54) is 11.1 Å². The Bertz CT molecular complexity index is 1190. The van der Waals surface area contributed by atoms with E-state index < -0.39 is 0 Å². The van der Waals surface area contributed by atoms with Gasteiger partial charge < -0.3 is 18.9 Å². The molecule has 0 aromatic heterocycles. The second-order valence-electron chi connectivity index (χ2n) is 10.5. The third-order valence-corrected chi connectivity index (χ3v) is 7.90. The largest absolute Gasteiger partial charge is 0.488 e. The smallest absolute Gasteiger partial charge is 0.161 e. The van der Waals surface area contributed by atoms with Crippen molar-refractivity contribution in [1.29, 1.82) is 0 Å². The van der Waals surface area contributed by atoms with E-state index in [1.807, 2.05) is 48.5 Å². The fraction of sp³-hybridized carbons (Fsp3) is 0.333. The summed E-state index contributed by atoms with van der Waals surface area (Å²) in [5.74, 6) is 3.06. The van der Waals surface area contributed by atoms with Gasteiger partial charge in [0.05, 0.1) is 0 Å². The number of hydrogen-bond donors (Lipinski definition) is 0. The van der Waals surface area contributed by atoms with Crippen LogP contribution < -0.4 is 18.9 Å². The molecule has 4 aromatic rings. The number of ether oxygens (including phenoxy) is 4. The Balaban J connectivity index is 1.35. The standard InChI is InChI=1S/C36H42N2O4/c1-29(31-13-5-3-6-14-31)37-21-25-39-33-17-9-11-19-35(33)41-27-23-38(30(2)32-15-7-4-8-16-32)24-28-42-36-20-12-10-18-34(36)40-26-22-37/h3-20,29-30H,21-28H2,1-2H3/t29-,30-/m1/s1. The molecule has 4 aromatic carbocycles. The fourth-order valence-corrected chi connectivity index (χ4v) is 5.35. The molecule has 0 aliphatic carbocycles. The first kappa shape index (κ1) is 29.5. The van der Waals surface area contributed by atoms with Crippen molar-refractivity contribution in [2.24, 2.45) is 0 Å². The van der Waals surface area contributed by atoms with Crippen molar-refractivity contribution < 1.29 is 18.9 Å². The molecule has 0 bridgehead atoms. The summed E-state index contributed by atoms with van der Waals surface area (Å²) in [6.45, 7) is 9.59. The number of para-hydroxylation sites is 4. The Morgan fingerprint density at radius 2 is 0.667 bits per heavy atom. The maximum absolute atomic E-state index is 6.31. The van der Waals surface area contributed by atoms with Crippen molar-refractivity contribution in [3.05, 3.63) is 120 Å². The molecule has 5 rings (SSSR count). The monoisotopic (exact) mass is 566 g/mol. The van der Waals surface area contributed by atoms with E-state index in [9.17, 15) is 0 Å². The fourth-order valence-electron chi connectivity index (χ4n) is 5.35. The summed E-state index contributed by atoms with van der Waals surface area (Å²) in [6, 6.07) is 37.5. The zero-order valence-corrected chi connectivity index (χ0v) is 24.7. The van der Waals surface area contributed by atoms with Gasteiger partial charge in [-0.2, -0.15) is 0 Å². The van der Waals surface area contributed by atoms with E-state index in [2.05, 4.69) is 84.3 Å². The molecule has 0 saturated heterocycles. The van der Waals surface area contributed by atoms with Crippen molar-refractivity contribution in [1.82, 2.24) is 9.80 Å². The van der Waals surface area contributed by atoms with E-state index in [-0.39, 0.29) is 12.1 Å². The van der Waals surface area contributed by atoms with E-state index >= 15 is 0 Å². The maximum Gasteiger partial charge on any atom is 0.161 e. The molecule has 2 atom stereocenters. The molecule has 0 unspecified atom stereocenters. The van der Waals surface area contributed by atoms with Gasteiger partial charge in [-0.05, 0) is 49.2 Å². The molecule has 1 aliphatic heterocycles. The van der Waals surface area contributed by atoms with Crippen LogP contribution in [0.2, 0.25) is 0 Å². The van der Waals surface area contributed by atoms with Crippen molar-refractivity contribution in [3.8, 4) is 23.0 Å². The van der Waals surface area contributed by atoms with Gasteiger partial charge in [0.25, 0.3) is 0 Å². The molecule has 1 aliphatic rings. The van der Waals surface area contributed by atoms with E-state index in [0.717, 1.165) is 49.2 Å². The average Bonchev–Trinajstić information content (AvgIpc) is 3.04. The van der Waals surface area contributed by atoms with Gasteiger partial charge >= 0.3 is 0 Å². The van der Waals surface area contributed by atoms with Crippen LogP contribution in [0.5, 0.6) is 23.0 Å². The van der Waals surface area contributed by atoms with Crippen molar-refractivity contribution >= 4 is 0 Å². The van der Waals surface area contributed by atoms with Crippen LogP contribution in [0.1, 0.15) is 37.1 Å². The first-order chi connectivity index (χ1) is 20.7. The number of hydrogen-bond acceptors (Lipinski definition) is 6. The van der Waals surface area contributed by atoms with Gasteiger partial charge in [0.1, 0.15) is 26.4 Å². The number of nitrogens with zero attached hydrogens (tertiary/aromatic N) is 2. The Morgan fingerprint density at radius 3 is 0.952 bits per heavy atom. The molecular formula is C36H42N2O4. The number of rotatable bonds is 4. The minimum absolute atomic E-state index is 0.208. The third kappa shape index (κ3) is 8.05. The number of benzene rings is 4. The van der Waals surface area contributed by atoms with Crippen LogP contribution in [0.3, 0.4) is 0 Å². The highest BCUT2D eigenvalue weighted by Gasteiger charge is 2.19. The third-order valence-electron chi connectivity index (χ3n) is 7.90. The van der Waals surface area contributed by atoms with Crippen LogP contribution in [0.15, 0.2) is 109 Å². The predicted molar refractivity (Wildman–Crippen MR) is 168 cm³/mol. The second kappa shape index (κ2) is 15.3. The molecule has 0 N–H and O–H groups in total. The Labute approximate surface area is 250 Å². The molecule has 220 valence electrons. The molecule has 0 saturated carbocycles. The van der Waals surface area contributed by atoms with Gasteiger partial charge in [-0.15, -0.1) is 0 Å². The van der Waals surface area contributed by atoms with Crippen molar-refractivity contribution in [2.45, 2.75) is 25.9 Å². The summed E-state index contributed by atoms with van der Waals surface area (Å²) in [6.07, 6.45) is 0. The minimum Gasteiger partial charge on any atom is -0.488 e.